The maximum absolute atomic E-state index is 9.62. The Morgan fingerprint density at radius 1 is 1.43 bits per heavy atom. The monoisotopic (exact) mass is 198 g/mol. The highest BCUT2D eigenvalue weighted by Gasteiger charge is 2.31. The van der Waals surface area contributed by atoms with E-state index >= 15 is 0 Å². The molecule has 1 aliphatic heterocycles. The topological polar surface area (TPSA) is 72.2 Å². The summed E-state index contributed by atoms with van der Waals surface area (Å²) in [7, 11) is 0. The summed E-state index contributed by atoms with van der Waals surface area (Å²) in [5, 5.41) is 13.3. The lowest BCUT2D eigenvalue weighted by Crippen LogP contribution is -2.53. The lowest BCUT2D eigenvalue weighted by atomic mass is 9.97. The Morgan fingerprint density at radius 2 is 2.07 bits per heavy atom. The van der Waals surface area contributed by atoms with Gasteiger partial charge in [0.2, 0.25) is 0 Å². The molecule has 0 aromatic carbocycles. The molecule has 0 bridgehead atoms. The van der Waals surface area contributed by atoms with Gasteiger partial charge in [-0.15, -0.1) is 0 Å². The molecule has 1 fully saturated rings. The van der Waals surface area contributed by atoms with Crippen LogP contribution < -0.4 is 0 Å². The van der Waals surface area contributed by atoms with Crippen LogP contribution in [0.1, 0.15) is 27.2 Å². The molecule has 1 saturated heterocycles. The molecule has 1 rings (SSSR count). The lowest BCUT2D eigenvalue weighted by molar-refractivity contribution is 0.0135. The minimum absolute atomic E-state index is 0.0185. The molecule has 1 aliphatic rings. The highest BCUT2D eigenvalue weighted by Crippen LogP contribution is 2.21. The molecule has 0 unspecified atom stereocenters. The van der Waals surface area contributed by atoms with E-state index < -0.39 is 0 Å². The molecule has 0 aromatic heterocycles. The summed E-state index contributed by atoms with van der Waals surface area (Å²) >= 11 is 0. The molecule has 1 heterocycles. The van der Waals surface area contributed by atoms with Gasteiger partial charge in [-0.3, -0.25) is 4.90 Å². The number of aliphatic hydroxyl groups is 1. The Hall–Kier alpha value is -0.770. The average Bonchev–Trinajstić information content (AvgIpc) is 2.02. The van der Waals surface area contributed by atoms with Crippen LogP contribution in [0, 0.1) is 0 Å². The molecule has 0 amide bonds. The van der Waals surface area contributed by atoms with Gasteiger partial charge in [-0.1, -0.05) is 5.11 Å². The second-order valence-corrected chi connectivity index (χ2v) is 4.82. The van der Waals surface area contributed by atoms with Crippen molar-refractivity contribution in [3.05, 3.63) is 10.4 Å². The summed E-state index contributed by atoms with van der Waals surface area (Å²) in [6, 6.07) is -0.0945. The third kappa shape index (κ3) is 2.87. The number of hydrogen-bond donors (Lipinski definition) is 1. The van der Waals surface area contributed by atoms with Crippen molar-refractivity contribution in [1.29, 1.82) is 0 Å². The number of nitrogens with zero attached hydrogens (tertiary/aromatic N) is 4. The van der Waals surface area contributed by atoms with Gasteiger partial charge >= 0.3 is 0 Å². The van der Waals surface area contributed by atoms with Crippen LogP contribution in [0.25, 0.3) is 10.4 Å². The standard InChI is InChI=1S/C9H18N4O/c1-9(2,3)13-5-7(11-12-10)4-8(14)6-13/h7-8,14H,4-6H2,1-3H3/t7-,8+/m1/s1. The zero-order chi connectivity index (χ0) is 10.8. The van der Waals surface area contributed by atoms with Crippen LogP contribution in [0.3, 0.4) is 0 Å². The van der Waals surface area contributed by atoms with E-state index in [-0.39, 0.29) is 17.7 Å². The van der Waals surface area contributed by atoms with Crippen molar-refractivity contribution in [3.63, 3.8) is 0 Å². The average molecular weight is 198 g/mol. The predicted octanol–water partition coefficient (Wildman–Crippen LogP) is 1.53. The Labute approximate surface area is 84.3 Å². The first kappa shape index (κ1) is 11.3. The number of β-amino-alcohol motifs (C(OH)–C–C–N with tert-alkyl or cyclic N) is 1. The summed E-state index contributed by atoms with van der Waals surface area (Å²) in [5.41, 5.74) is 8.37. The summed E-state index contributed by atoms with van der Waals surface area (Å²) in [6.45, 7) is 7.69. The number of rotatable bonds is 1. The normalized spacial score (nSPS) is 29.7. The lowest BCUT2D eigenvalue weighted by Gasteiger charge is -2.42. The second kappa shape index (κ2) is 4.17. The minimum atomic E-state index is -0.376. The second-order valence-electron chi connectivity index (χ2n) is 4.82. The molecule has 0 saturated carbocycles. The third-order valence-corrected chi connectivity index (χ3v) is 2.57. The predicted molar refractivity (Wildman–Crippen MR) is 54.9 cm³/mol. The maximum Gasteiger partial charge on any atom is 0.0671 e. The van der Waals surface area contributed by atoms with Gasteiger partial charge < -0.3 is 5.11 Å². The van der Waals surface area contributed by atoms with Gasteiger partial charge in [0.25, 0.3) is 0 Å². The van der Waals surface area contributed by atoms with Crippen LogP contribution in [-0.4, -0.2) is 40.8 Å². The van der Waals surface area contributed by atoms with Gasteiger partial charge in [-0.2, -0.15) is 0 Å². The van der Waals surface area contributed by atoms with E-state index in [1.807, 2.05) is 0 Å². The first-order valence-electron chi connectivity index (χ1n) is 4.91. The van der Waals surface area contributed by atoms with Crippen molar-refractivity contribution in [3.8, 4) is 0 Å². The fourth-order valence-corrected chi connectivity index (χ4v) is 1.75. The van der Waals surface area contributed by atoms with Crippen molar-refractivity contribution >= 4 is 0 Å². The number of azide groups is 1. The summed E-state index contributed by atoms with van der Waals surface area (Å²) in [6.07, 6.45) is 0.204. The molecule has 5 nitrogen and oxygen atoms in total. The van der Waals surface area contributed by atoms with E-state index in [2.05, 4.69) is 35.7 Å². The summed E-state index contributed by atoms with van der Waals surface area (Å²) in [5.74, 6) is 0. The fraction of sp³-hybridized carbons (Fsp3) is 1.00. The molecule has 2 atom stereocenters. The van der Waals surface area contributed by atoms with E-state index in [1.54, 1.807) is 0 Å². The Bertz CT molecular complexity index is 242. The van der Waals surface area contributed by atoms with Crippen molar-refractivity contribution in [2.75, 3.05) is 13.1 Å². The van der Waals surface area contributed by atoms with Crippen LogP contribution in [0.2, 0.25) is 0 Å². The highest BCUT2D eigenvalue weighted by molar-refractivity contribution is 4.89. The van der Waals surface area contributed by atoms with Gasteiger partial charge in [0.05, 0.1) is 12.1 Å². The van der Waals surface area contributed by atoms with Gasteiger partial charge in [0, 0.05) is 23.5 Å². The van der Waals surface area contributed by atoms with E-state index in [4.69, 9.17) is 5.53 Å². The fourth-order valence-electron chi connectivity index (χ4n) is 1.75. The largest absolute Gasteiger partial charge is 0.392 e. The van der Waals surface area contributed by atoms with Crippen LogP contribution in [-0.2, 0) is 0 Å². The zero-order valence-corrected chi connectivity index (χ0v) is 9.01. The van der Waals surface area contributed by atoms with Crippen molar-refractivity contribution in [2.24, 2.45) is 5.11 Å². The Morgan fingerprint density at radius 3 is 2.57 bits per heavy atom. The van der Waals surface area contributed by atoms with E-state index in [0.717, 1.165) is 6.54 Å². The zero-order valence-electron chi connectivity index (χ0n) is 9.01. The number of aliphatic hydroxyl groups excluding tert-OH is 1. The molecule has 0 aromatic rings. The van der Waals surface area contributed by atoms with Gasteiger partial charge in [-0.05, 0) is 32.7 Å². The molecule has 1 N–H and O–H groups in total. The molecule has 14 heavy (non-hydrogen) atoms. The molecular weight excluding hydrogens is 180 g/mol. The number of hydrogen-bond acceptors (Lipinski definition) is 3. The number of piperidine rings is 1. The molecular formula is C9H18N4O. The van der Waals surface area contributed by atoms with E-state index in [0.29, 0.717) is 13.0 Å². The van der Waals surface area contributed by atoms with Gasteiger partial charge in [0.1, 0.15) is 0 Å². The van der Waals surface area contributed by atoms with Crippen molar-refractivity contribution in [2.45, 2.75) is 44.9 Å². The minimum Gasteiger partial charge on any atom is -0.392 e. The first-order chi connectivity index (χ1) is 6.43. The quantitative estimate of drug-likeness (QED) is 0.394. The number of likely N-dealkylation sites (tertiary alicyclic amines) is 1. The molecule has 5 heteroatoms. The third-order valence-electron chi connectivity index (χ3n) is 2.57. The maximum atomic E-state index is 9.62. The highest BCUT2D eigenvalue weighted by atomic mass is 16.3. The molecule has 0 aliphatic carbocycles. The SMILES string of the molecule is CC(C)(C)N1C[C@@H](O)C[C@@H](N=[N+]=[N-])C1. The van der Waals surface area contributed by atoms with Crippen LogP contribution >= 0.6 is 0 Å². The van der Waals surface area contributed by atoms with Gasteiger partial charge in [0.15, 0.2) is 0 Å². The Kier molecular flexibility index (Phi) is 3.37. The van der Waals surface area contributed by atoms with E-state index in [9.17, 15) is 5.11 Å². The summed E-state index contributed by atoms with van der Waals surface area (Å²) < 4.78 is 0. The summed E-state index contributed by atoms with van der Waals surface area (Å²) in [4.78, 5) is 4.95. The van der Waals surface area contributed by atoms with Crippen LogP contribution in [0.15, 0.2) is 5.11 Å². The van der Waals surface area contributed by atoms with E-state index in [1.165, 1.54) is 0 Å². The molecule has 80 valence electrons. The first-order valence-corrected chi connectivity index (χ1v) is 4.91. The molecule has 0 spiro atoms. The van der Waals surface area contributed by atoms with Crippen molar-refractivity contribution < 1.29 is 5.11 Å². The van der Waals surface area contributed by atoms with Crippen LogP contribution in [0.4, 0.5) is 0 Å². The smallest absolute Gasteiger partial charge is 0.0671 e. The van der Waals surface area contributed by atoms with Crippen molar-refractivity contribution in [1.82, 2.24) is 4.90 Å². The van der Waals surface area contributed by atoms with Crippen LogP contribution in [0.5, 0.6) is 0 Å². The molecule has 0 radical (unpaired) electrons. The van der Waals surface area contributed by atoms with Gasteiger partial charge in [-0.25, -0.2) is 0 Å². The Balaban J connectivity index is 2.67.